The van der Waals surface area contributed by atoms with Gasteiger partial charge in [0.1, 0.15) is 12.6 Å². The van der Waals surface area contributed by atoms with Crippen LogP contribution in [0.25, 0.3) is 0 Å². The number of allylic oxidation sites excluding steroid dienone is 10. The van der Waals surface area contributed by atoms with Crippen LogP contribution in [-0.4, -0.2) is 75.5 Å². The summed E-state index contributed by atoms with van der Waals surface area (Å²) >= 11 is 0. The molecule has 0 aromatic heterocycles. The van der Waals surface area contributed by atoms with Crippen LogP contribution in [0.2, 0.25) is 0 Å². The molecule has 0 bridgehead atoms. The molecule has 0 aliphatic carbocycles. The Morgan fingerprint density at radius 2 is 1.09 bits per heavy atom. The van der Waals surface area contributed by atoms with E-state index in [9.17, 15) is 19.5 Å². The van der Waals surface area contributed by atoms with E-state index < -0.39 is 18.1 Å². The molecule has 0 aromatic carbocycles. The van der Waals surface area contributed by atoms with E-state index in [2.05, 4.69) is 68.5 Å². The molecule has 0 aromatic rings. The van der Waals surface area contributed by atoms with Gasteiger partial charge in [-0.05, 0) is 64.2 Å². The van der Waals surface area contributed by atoms with Gasteiger partial charge in [-0.15, -0.1) is 0 Å². The van der Waals surface area contributed by atoms with Gasteiger partial charge in [-0.25, -0.2) is 0 Å². The van der Waals surface area contributed by atoms with Crippen molar-refractivity contribution in [2.24, 2.45) is 0 Å². The van der Waals surface area contributed by atoms with Crippen molar-refractivity contribution in [1.82, 2.24) is 0 Å². The molecule has 0 fully saturated rings. The third-order valence-corrected chi connectivity index (χ3v) is 8.90. The normalized spacial score (nSPS) is 13.6. The molecule has 0 aliphatic rings. The molecule has 0 heterocycles. The first kappa shape index (κ1) is 50.0. The summed E-state index contributed by atoms with van der Waals surface area (Å²) < 4.78 is 17.0. The van der Waals surface area contributed by atoms with E-state index in [4.69, 9.17) is 14.2 Å². The molecule has 0 saturated carbocycles. The topological polar surface area (TPSA) is 102 Å². The van der Waals surface area contributed by atoms with Gasteiger partial charge in [-0.2, -0.15) is 0 Å². The number of quaternary nitrogens is 1. The zero-order valence-electron chi connectivity index (χ0n) is 34.4. The van der Waals surface area contributed by atoms with Gasteiger partial charge < -0.3 is 28.6 Å². The number of hydrogen-bond donors (Lipinski definition) is 0. The van der Waals surface area contributed by atoms with Gasteiger partial charge in [0.15, 0.2) is 6.10 Å². The van der Waals surface area contributed by atoms with E-state index >= 15 is 0 Å². The third-order valence-electron chi connectivity index (χ3n) is 8.90. The number of unbranched alkanes of at least 4 members (excludes halogenated alkanes) is 12. The second kappa shape index (κ2) is 36.0. The first-order chi connectivity index (χ1) is 25.6. The lowest BCUT2D eigenvalue weighted by Gasteiger charge is -2.34. The zero-order valence-corrected chi connectivity index (χ0v) is 34.4. The van der Waals surface area contributed by atoms with E-state index in [-0.39, 0.29) is 49.1 Å². The Labute approximate surface area is 324 Å². The molecule has 8 heteroatoms. The summed E-state index contributed by atoms with van der Waals surface area (Å²) in [5.41, 5.74) is 0. The molecule has 8 nitrogen and oxygen atoms in total. The number of aliphatic carboxylic acids is 1. The van der Waals surface area contributed by atoms with Gasteiger partial charge >= 0.3 is 11.9 Å². The van der Waals surface area contributed by atoms with Crippen LogP contribution in [-0.2, 0) is 28.6 Å². The highest BCUT2D eigenvalue weighted by Crippen LogP contribution is 2.13. The highest BCUT2D eigenvalue weighted by atomic mass is 16.6. The van der Waals surface area contributed by atoms with Gasteiger partial charge in [-0.1, -0.05) is 132 Å². The van der Waals surface area contributed by atoms with Crippen LogP contribution in [0.15, 0.2) is 60.8 Å². The molecule has 53 heavy (non-hydrogen) atoms. The number of ether oxygens (including phenoxy) is 3. The number of likely N-dealkylation sites (N-methyl/N-ethyl adjacent to an activating group) is 1. The fourth-order valence-electron chi connectivity index (χ4n) is 5.67. The van der Waals surface area contributed by atoms with Crippen LogP contribution in [0.5, 0.6) is 0 Å². The van der Waals surface area contributed by atoms with Crippen LogP contribution < -0.4 is 5.11 Å². The van der Waals surface area contributed by atoms with Crippen molar-refractivity contribution in [3.05, 3.63) is 60.8 Å². The lowest BCUT2D eigenvalue weighted by molar-refractivity contribution is -0.889. The van der Waals surface area contributed by atoms with Gasteiger partial charge in [0.2, 0.25) is 0 Å². The Kier molecular flexibility index (Phi) is 34.0. The van der Waals surface area contributed by atoms with E-state index in [0.29, 0.717) is 12.8 Å². The van der Waals surface area contributed by atoms with Crippen LogP contribution in [0.4, 0.5) is 0 Å². The SMILES string of the molecule is CC/C=C/C/C=C/C/C=C/C/C=C/CCCCCCCCCCCC(=O)OCC(COCCC(C(=O)[O-])[N+](C)(C)C)OC(=O)CC/C=C/CCCCC. The van der Waals surface area contributed by atoms with Gasteiger partial charge in [0.05, 0.1) is 40.3 Å². The number of carboxylic acids is 1. The molecule has 0 spiro atoms. The fraction of sp³-hybridized carbons (Fsp3) is 0.711. The smallest absolute Gasteiger partial charge is 0.306 e. The molecular weight excluding hydrogens is 666 g/mol. The Balaban J connectivity index is 4.20. The number of hydrogen-bond acceptors (Lipinski definition) is 7. The predicted octanol–water partition coefficient (Wildman–Crippen LogP) is 9.69. The first-order valence-corrected chi connectivity index (χ1v) is 20.8. The van der Waals surface area contributed by atoms with Crippen molar-refractivity contribution < 1.29 is 38.2 Å². The van der Waals surface area contributed by atoms with Crippen molar-refractivity contribution in [3.63, 3.8) is 0 Å². The maximum Gasteiger partial charge on any atom is 0.306 e. The molecular formula is C45H77NO7. The van der Waals surface area contributed by atoms with Crippen LogP contribution in [0, 0.1) is 0 Å². The van der Waals surface area contributed by atoms with Crippen molar-refractivity contribution in [2.45, 2.75) is 167 Å². The lowest BCUT2D eigenvalue weighted by atomic mass is 10.1. The summed E-state index contributed by atoms with van der Waals surface area (Å²) in [6.45, 7) is 4.42. The molecule has 0 aliphatic heterocycles. The third kappa shape index (κ3) is 34.5. The van der Waals surface area contributed by atoms with Crippen molar-refractivity contribution in [1.29, 1.82) is 0 Å². The highest BCUT2D eigenvalue weighted by molar-refractivity contribution is 5.70. The van der Waals surface area contributed by atoms with Gasteiger partial charge in [0.25, 0.3) is 0 Å². The van der Waals surface area contributed by atoms with E-state index in [1.54, 1.807) is 21.1 Å². The van der Waals surface area contributed by atoms with E-state index in [1.807, 2.05) is 6.08 Å². The number of carbonyl (C=O) groups excluding carboxylic acids is 3. The Hall–Kier alpha value is -2.97. The summed E-state index contributed by atoms with van der Waals surface area (Å²) in [5.74, 6) is -1.82. The number of nitrogens with zero attached hydrogens (tertiary/aromatic N) is 1. The Morgan fingerprint density at radius 3 is 1.66 bits per heavy atom. The number of rotatable bonds is 36. The minimum absolute atomic E-state index is 0.0211. The molecule has 0 N–H and O–H groups in total. The van der Waals surface area contributed by atoms with Crippen LogP contribution in [0.3, 0.4) is 0 Å². The molecule has 0 radical (unpaired) electrons. The largest absolute Gasteiger partial charge is 0.544 e. The first-order valence-electron chi connectivity index (χ1n) is 20.8. The van der Waals surface area contributed by atoms with Crippen molar-refractivity contribution in [2.75, 3.05) is 41.0 Å². The molecule has 0 amide bonds. The summed E-state index contributed by atoms with van der Waals surface area (Å²) in [7, 11) is 5.37. The summed E-state index contributed by atoms with van der Waals surface area (Å²) in [5, 5.41) is 11.6. The van der Waals surface area contributed by atoms with Crippen molar-refractivity contribution in [3.8, 4) is 0 Å². The second-order valence-corrected chi connectivity index (χ2v) is 14.8. The zero-order chi connectivity index (χ0) is 39.3. The maximum atomic E-state index is 12.5. The molecule has 0 rings (SSSR count). The van der Waals surface area contributed by atoms with Gasteiger partial charge in [0, 0.05) is 19.3 Å². The standard InChI is InChI=1S/C45H77NO7/c1-6-8-10-12-14-15-16-17-18-19-20-21-22-23-24-25-26-27-28-30-31-33-35-43(47)52-40-41(39-51-38-37-42(45(49)50)46(3,4)5)53-44(48)36-34-32-29-13-11-9-7-2/h8,10,14-15,17-18,20-21,29,32,41-42H,6-7,9,11-13,16,19,22-28,30-31,33-40H2,1-5H3/b10-8+,15-14+,18-17+,21-20+,32-29+. The number of carbonyl (C=O) groups is 3. The predicted molar refractivity (Wildman–Crippen MR) is 217 cm³/mol. The molecule has 0 saturated heterocycles. The van der Waals surface area contributed by atoms with Crippen molar-refractivity contribution >= 4 is 17.9 Å². The van der Waals surface area contributed by atoms with E-state index in [0.717, 1.165) is 64.2 Å². The molecule has 2 atom stereocenters. The number of esters is 2. The number of carboxylic acid groups (broad SMARTS) is 1. The van der Waals surface area contributed by atoms with Gasteiger partial charge in [-0.3, -0.25) is 9.59 Å². The minimum atomic E-state index is -1.13. The summed E-state index contributed by atoms with van der Waals surface area (Å²) in [6, 6.07) is -0.731. The molecule has 2 unspecified atom stereocenters. The summed E-state index contributed by atoms with van der Waals surface area (Å²) in [6.07, 6.45) is 42.8. The fourth-order valence-corrected chi connectivity index (χ4v) is 5.67. The average molecular weight is 744 g/mol. The average Bonchev–Trinajstić information content (AvgIpc) is 3.11. The lowest BCUT2D eigenvalue weighted by Crippen LogP contribution is -2.55. The molecule has 304 valence electrons. The minimum Gasteiger partial charge on any atom is -0.544 e. The van der Waals surface area contributed by atoms with E-state index in [1.165, 1.54) is 51.4 Å². The van der Waals surface area contributed by atoms with Crippen LogP contribution >= 0.6 is 0 Å². The van der Waals surface area contributed by atoms with Crippen LogP contribution in [0.1, 0.15) is 155 Å². The maximum absolute atomic E-state index is 12.5. The Bertz CT molecular complexity index is 1050. The quantitative estimate of drug-likeness (QED) is 0.0273. The second-order valence-electron chi connectivity index (χ2n) is 14.8. The monoisotopic (exact) mass is 744 g/mol. The summed E-state index contributed by atoms with van der Waals surface area (Å²) in [4.78, 5) is 36.6. The highest BCUT2D eigenvalue weighted by Gasteiger charge is 2.25. The Morgan fingerprint density at radius 1 is 0.585 bits per heavy atom.